The molecule has 2 rings (SSSR count). The van der Waals surface area contributed by atoms with Crippen molar-refractivity contribution in [2.24, 2.45) is 0 Å². The highest BCUT2D eigenvalue weighted by Crippen LogP contribution is 2.33. The quantitative estimate of drug-likeness (QED) is 0.663. The molecule has 0 spiro atoms. The van der Waals surface area contributed by atoms with E-state index in [1.807, 2.05) is 0 Å². The molecule has 0 atom stereocenters. The van der Waals surface area contributed by atoms with Gasteiger partial charge in [-0.2, -0.15) is 0 Å². The zero-order valence-corrected chi connectivity index (χ0v) is 15.2. The smallest absolute Gasteiger partial charge is 0.257 e. The van der Waals surface area contributed by atoms with Gasteiger partial charge >= 0.3 is 0 Å². The van der Waals surface area contributed by atoms with Gasteiger partial charge in [-0.1, -0.05) is 23.4 Å². The number of amides is 1. The van der Waals surface area contributed by atoms with Gasteiger partial charge < -0.3 is 10.4 Å². The molecule has 1 aromatic carbocycles. The Kier molecular flexibility index (Phi) is 5.85. The Labute approximate surface area is 147 Å². The summed E-state index contributed by atoms with van der Waals surface area (Å²) >= 11 is 14.2. The van der Waals surface area contributed by atoms with E-state index >= 15 is 0 Å². The van der Waals surface area contributed by atoms with Gasteiger partial charge in [-0.25, -0.2) is 0 Å². The summed E-state index contributed by atoms with van der Waals surface area (Å²) in [5.74, 6) is 5.05. The highest BCUT2D eigenvalue weighted by Gasteiger charge is 2.15. The van der Waals surface area contributed by atoms with Crippen LogP contribution < -0.4 is 5.32 Å². The maximum atomic E-state index is 12.2. The summed E-state index contributed by atoms with van der Waals surface area (Å²) in [6, 6.07) is 6.76. The molecule has 3 nitrogen and oxygen atoms in total. The lowest BCUT2D eigenvalue weighted by Crippen LogP contribution is -2.11. The third-order valence-electron chi connectivity index (χ3n) is 2.43. The van der Waals surface area contributed by atoms with Crippen LogP contribution in [-0.4, -0.2) is 17.6 Å². The van der Waals surface area contributed by atoms with Crippen LogP contribution in [0.4, 0.5) is 5.69 Å². The molecule has 21 heavy (non-hydrogen) atoms. The van der Waals surface area contributed by atoms with E-state index in [2.05, 4.69) is 49.0 Å². The molecule has 0 unspecified atom stereocenters. The number of anilines is 1. The van der Waals surface area contributed by atoms with Gasteiger partial charge in [0, 0.05) is 5.56 Å². The molecule has 0 aliphatic rings. The van der Waals surface area contributed by atoms with Crippen molar-refractivity contribution in [2.45, 2.75) is 0 Å². The van der Waals surface area contributed by atoms with Crippen molar-refractivity contribution in [2.75, 3.05) is 11.9 Å². The summed E-state index contributed by atoms with van der Waals surface area (Å²) in [7, 11) is 0. The first-order chi connectivity index (χ1) is 10.0. The molecule has 1 amide bonds. The summed E-state index contributed by atoms with van der Waals surface area (Å²) in [5.41, 5.74) is 1.66. The Morgan fingerprint density at radius 1 is 1.38 bits per heavy atom. The third-order valence-corrected chi connectivity index (χ3v) is 5.10. The predicted octanol–water partition coefficient (Wildman–Crippen LogP) is 4.52. The van der Waals surface area contributed by atoms with Crippen molar-refractivity contribution in [1.29, 1.82) is 0 Å². The van der Waals surface area contributed by atoms with Crippen LogP contribution in [0.5, 0.6) is 0 Å². The van der Waals surface area contributed by atoms with E-state index in [9.17, 15) is 4.79 Å². The van der Waals surface area contributed by atoms with Crippen molar-refractivity contribution >= 4 is 66.4 Å². The topological polar surface area (TPSA) is 49.3 Å². The lowest BCUT2D eigenvalue weighted by atomic mass is 10.2. The van der Waals surface area contributed by atoms with E-state index in [1.54, 1.807) is 24.3 Å². The molecule has 1 aromatic heterocycles. The van der Waals surface area contributed by atoms with Gasteiger partial charge in [-0.15, -0.1) is 11.3 Å². The van der Waals surface area contributed by atoms with Crippen LogP contribution in [0.3, 0.4) is 0 Å². The van der Waals surface area contributed by atoms with Crippen molar-refractivity contribution in [3.05, 3.63) is 48.0 Å². The van der Waals surface area contributed by atoms with E-state index in [0.29, 0.717) is 21.8 Å². The minimum Gasteiger partial charge on any atom is -0.384 e. The Morgan fingerprint density at radius 3 is 2.76 bits per heavy atom. The van der Waals surface area contributed by atoms with Crippen molar-refractivity contribution in [1.82, 2.24) is 0 Å². The molecule has 108 valence electrons. The Hall–Kier alpha value is -0.840. The number of halogens is 3. The first kappa shape index (κ1) is 16.5. The standard InChI is InChI=1S/C14H8Br2ClNO2S/c15-12-7-9(13(16)21-12)14(20)18-11-6-8(2-1-5-19)3-4-10(11)17/h3-4,6-7,19H,5H2,(H,18,20). The second kappa shape index (κ2) is 7.43. The average Bonchev–Trinajstić information content (AvgIpc) is 2.78. The number of hydrogen-bond acceptors (Lipinski definition) is 3. The van der Waals surface area contributed by atoms with Gasteiger partial charge in [0.15, 0.2) is 0 Å². The lowest BCUT2D eigenvalue weighted by molar-refractivity contribution is 0.102. The molecule has 2 N–H and O–H groups in total. The SMILES string of the molecule is O=C(Nc1cc(C#CCO)ccc1Cl)c1cc(Br)sc1Br. The summed E-state index contributed by atoms with van der Waals surface area (Å²) in [6.07, 6.45) is 0. The molecule has 0 radical (unpaired) electrons. The fourth-order valence-electron chi connectivity index (χ4n) is 1.53. The van der Waals surface area contributed by atoms with E-state index in [1.165, 1.54) is 11.3 Å². The molecular weight excluding hydrogens is 441 g/mol. The molecule has 0 aliphatic heterocycles. The van der Waals surface area contributed by atoms with Crippen LogP contribution in [0.25, 0.3) is 0 Å². The van der Waals surface area contributed by atoms with Gasteiger partial charge in [-0.3, -0.25) is 4.79 Å². The van der Waals surface area contributed by atoms with Gasteiger partial charge in [0.2, 0.25) is 0 Å². The van der Waals surface area contributed by atoms with Crippen molar-refractivity contribution in [3.8, 4) is 11.8 Å². The second-order valence-corrected chi connectivity index (χ2v) is 8.00. The number of carbonyl (C=O) groups is 1. The lowest BCUT2D eigenvalue weighted by Gasteiger charge is -2.07. The Bertz CT molecular complexity index is 749. The van der Waals surface area contributed by atoms with E-state index in [0.717, 1.165) is 7.57 Å². The van der Waals surface area contributed by atoms with E-state index < -0.39 is 0 Å². The number of aliphatic hydroxyl groups is 1. The summed E-state index contributed by atoms with van der Waals surface area (Å²) < 4.78 is 1.59. The molecule has 7 heteroatoms. The predicted molar refractivity (Wildman–Crippen MR) is 93.1 cm³/mol. The molecule has 0 saturated carbocycles. The number of benzene rings is 1. The summed E-state index contributed by atoms with van der Waals surface area (Å²) in [4.78, 5) is 12.2. The number of aliphatic hydroxyl groups excluding tert-OH is 1. The van der Waals surface area contributed by atoms with E-state index in [4.69, 9.17) is 16.7 Å². The molecular formula is C14H8Br2ClNO2S. The van der Waals surface area contributed by atoms with Gasteiger partial charge in [0.1, 0.15) is 6.61 Å². The minimum atomic E-state index is -0.266. The first-order valence-electron chi connectivity index (χ1n) is 5.66. The van der Waals surface area contributed by atoms with Gasteiger partial charge in [-0.05, 0) is 56.1 Å². The third kappa shape index (κ3) is 4.31. The maximum Gasteiger partial charge on any atom is 0.257 e. The molecule has 0 fully saturated rings. The summed E-state index contributed by atoms with van der Waals surface area (Å²) in [6.45, 7) is -0.222. The van der Waals surface area contributed by atoms with Crippen LogP contribution in [0.2, 0.25) is 5.02 Å². The average molecular weight is 450 g/mol. The fourth-order valence-corrected chi connectivity index (χ4v) is 4.48. The van der Waals surface area contributed by atoms with Crippen LogP contribution in [0.1, 0.15) is 15.9 Å². The highest BCUT2D eigenvalue weighted by atomic mass is 79.9. The number of hydrogen-bond donors (Lipinski definition) is 2. The Balaban J connectivity index is 2.26. The van der Waals surface area contributed by atoms with Crippen molar-refractivity contribution < 1.29 is 9.90 Å². The zero-order valence-electron chi connectivity index (χ0n) is 10.4. The molecule has 0 bridgehead atoms. The van der Waals surface area contributed by atoms with E-state index in [-0.39, 0.29) is 12.5 Å². The fraction of sp³-hybridized carbons (Fsp3) is 0.0714. The van der Waals surface area contributed by atoms with Crippen LogP contribution in [-0.2, 0) is 0 Å². The molecule has 0 aliphatic carbocycles. The first-order valence-corrected chi connectivity index (χ1v) is 8.44. The molecule has 2 aromatic rings. The second-order valence-electron chi connectivity index (χ2n) is 3.85. The number of rotatable bonds is 2. The molecule has 0 saturated heterocycles. The van der Waals surface area contributed by atoms with Crippen LogP contribution >= 0.6 is 54.8 Å². The largest absolute Gasteiger partial charge is 0.384 e. The van der Waals surface area contributed by atoms with Crippen LogP contribution in [0, 0.1) is 11.8 Å². The number of carbonyl (C=O) groups excluding carboxylic acids is 1. The summed E-state index contributed by atoms with van der Waals surface area (Å²) in [5, 5.41) is 11.9. The molecule has 1 heterocycles. The minimum absolute atomic E-state index is 0.222. The number of thiophene rings is 1. The van der Waals surface area contributed by atoms with Gasteiger partial charge in [0.25, 0.3) is 5.91 Å². The number of nitrogens with one attached hydrogen (secondary N) is 1. The van der Waals surface area contributed by atoms with Crippen molar-refractivity contribution in [3.63, 3.8) is 0 Å². The Morgan fingerprint density at radius 2 is 2.14 bits per heavy atom. The highest BCUT2D eigenvalue weighted by molar-refractivity contribution is 9.12. The van der Waals surface area contributed by atoms with Gasteiger partial charge in [0.05, 0.1) is 23.8 Å². The monoisotopic (exact) mass is 447 g/mol. The van der Waals surface area contributed by atoms with Crippen LogP contribution in [0.15, 0.2) is 31.8 Å². The zero-order chi connectivity index (χ0) is 15.4. The maximum absolute atomic E-state index is 12.2. The normalized spacial score (nSPS) is 9.90.